The number of esters is 1. The number of sulfonamides is 1. The second-order valence-electron chi connectivity index (χ2n) is 8.16. The van der Waals surface area contributed by atoms with Gasteiger partial charge in [-0.15, -0.1) is 0 Å². The van der Waals surface area contributed by atoms with Crippen molar-refractivity contribution in [2.45, 2.75) is 37.0 Å². The lowest BCUT2D eigenvalue weighted by Crippen LogP contribution is -2.38. The molecule has 0 N–H and O–H groups in total. The maximum atomic E-state index is 13.3. The van der Waals surface area contributed by atoms with Crippen molar-refractivity contribution in [3.8, 4) is 0 Å². The Hall–Kier alpha value is -3.10. The molecule has 1 fully saturated rings. The Bertz CT molecular complexity index is 1240. The predicted octanol–water partition coefficient (Wildman–Crippen LogP) is 3.73. The van der Waals surface area contributed by atoms with Crippen molar-refractivity contribution in [1.29, 1.82) is 0 Å². The molecule has 0 spiro atoms. The number of methoxy groups -OCH3 is 1. The molecule has 1 aromatic heterocycles. The zero-order chi connectivity index (χ0) is 23.4. The largest absolute Gasteiger partial charge is 0.465 e. The highest BCUT2D eigenvalue weighted by atomic mass is 32.2. The highest BCUT2D eigenvalue weighted by Gasteiger charge is 2.33. The minimum Gasteiger partial charge on any atom is -0.465 e. The molecule has 8 heteroatoms. The van der Waals surface area contributed by atoms with Crippen molar-refractivity contribution in [2.75, 3.05) is 20.2 Å². The van der Waals surface area contributed by atoms with Crippen LogP contribution < -0.4 is 0 Å². The zero-order valence-electron chi connectivity index (χ0n) is 18.8. The number of nitrogens with zero attached hydrogens (tertiary/aromatic N) is 3. The van der Waals surface area contributed by atoms with Gasteiger partial charge in [0.25, 0.3) is 0 Å². The summed E-state index contributed by atoms with van der Waals surface area (Å²) in [5.74, 6) is 0.197. The molecule has 2 heterocycles. The normalized spacial score (nSPS) is 15.3. The molecule has 7 nitrogen and oxygen atoms in total. The molecule has 1 saturated heterocycles. The summed E-state index contributed by atoms with van der Waals surface area (Å²) in [6.45, 7) is 2.59. The number of aromatic nitrogens is 2. The van der Waals surface area contributed by atoms with E-state index >= 15 is 0 Å². The second-order valence-corrected chi connectivity index (χ2v) is 10.1. The van der Waals surface area contributed by atoms with E-state index in [2.05, 4.69) is 17.1 Å². The number of aryl methyl sites for hydroxylation is 1. The number of rotatable bonds is 6. The average Bonchev–Trinajstić information content (AvgIpc) is 2.85. The van der Waals surface area contributed by atoms with Crippen molar-refractivity contribution >= 4 is 16.0 Å². The third-order valence-corrected chi connectivity index (χ3v) is 7.96. The number of carbonyl (C=O) groups is 1. The predicted molar refractivity (Wildman–Crippen MR) is 125 cm³/mol. The molecule has 0 aliphatic carbocycles. The lowest BCUT2D eigenvalue weighted by molar-refractivity contribution is 0.0596. The summed E-state index contributed by atoms with van der Waals surface area (Å²) in [5, 5.41) is 0. The Morgan fingerprint density at radius 3 is 2.42 bits per heavy atom. The summed E-state index contributed by atoms with van der Waals surface area (Å²) in [6, 6.07) is 16.4. The van der Waals surface area contributed by atoms with Crippen molar-refractivity contribution in [2.24, 2.45) is 0 Å². The third-order valence-electron chi connectivity index (χ3n) is 6.01. The highest BCUT2D eigenvalue weighted by Crippen LogP contribution is 2.33. The standard InChI is InChI=1S/C25H27N3O4S/c1-18-26-17-21(16-19-8-4-3-5-9-19)24(27-18)20-12-14-28(15-13-20)33(30,31)23-11-7-6-10-22(23)25(29)32-2/h3-11,17,20H,12-16H2,1-2H3. The fourth-order valence-corrected chi connectivity index (χ4v) is 5.95. The van der Waals surface area contributed by atoms with Gasteiger partial charge >= 0.3 is 5.97 Å². The molecule has 2 aromatic carbocycles. The SMILES string of the molecule is COC(=O)c1ccccc1S(=O)(=O)N1CCC(c2nc(C)ncc2Cc2ccccc2)CC1. The summed E-state index contributed by atoms with van der Waals surface area (Å²) in [4.78, 5) is 21.2. The molecule has 33 heavy (non-hydrogen) atoms. The highest BCUT2D eigenvalue weighted by molar-refractivity contribution is 7.89. The zero-order valence-corrected chi connectivity index (χ0v) is 19.6. The first-order chi connectivity index (χ1) is 15.9. The van der Waals surface area contributed by atoms with Crippen LogP contribution in [0.4, 0.5) is 0 Å². The summed E-state index contributed by atoms with van der Waals surface area (Å²) < 4.78 is 32.9. The Morgan fingerprint density at radius 2 is 1.73 bits per heavy atom. The van der Waals surface area contributed by atoms with E-state index in [-0.39, 0.29) is 16.4 Å². The van der Waals surface area contributed by atoms with Crippen LogP contribution in [0, 0.1) is 6.92 Å². The first-order valence-electron chi connectivity index (χ1n) is 10.9. The van der Waals surface area contributed by atoms with Gasteiger partial charge < -0.3 is 4.74 Å². The van der Waals surface area contributed by atoms with Crippen LogP contribution in [0.2, 0.25) is 0 Å². The van der Waals surface area contributed by atoms with Crippen LogP contribution in [0.25, 0.3) is 0 Å². The average molecular weight is 466 g/mol. The topological polar surface area (TPSA) is 89.5 Å². The molecule has 0 bridgehead atoms. The number of ether oxygens (including phenoxy) is 1. The molecule has 0 saturated carbocycles. The van der Waals surface area contributed by atoms with Gasteiger partial charge in [0.2, 0.25) is 10.0 Å². The van der Waals surface area contributed by atoms with Gasteiger partial charge in [-0.2, -0.15) is 4.31 Å². The molecular formula is C25H27N3O4S. The monoisotopic (exact) mass is 465 g/mol. The van der Waals surface area contributed by atoms with Gasteiger partial charge in [0, 0.05) is 31.6 Å². The summed E-state index contributed by atoms with van der Waals surface area (Å²) >= 11 is 0. The molecule has 1 aliphatic rings. The van der Waals surface area contributed by atoms with Gasteiger partial charge in [0.15, 0.2) is 0 Å². The second kappa shape index (κ2) is 9.80. The molecule has 1 aliphatic heterocycles. The van der Waals surface area contributed by atoms with E-state index in [4.69, 9.17) is 9.72 Å². The first-order valence-corrected chi connectivity index (χ1v) is 12.4. The molecule has 4 rings (SSSR count). The van der Waals surface area contributed by atoms with Gasteiger partial charge in [-0.05, 0) is 43.0 Å². The summed E-state index contributed by atoms with van der Waals surface area (Å²) in [6.07, 6.45) is 3.93. The molecule has 0 radical (unpaired) electrons. The van der Waals surface area contributed by atoms with E-state index in [0.29, 0.717) is 31.8 Å². The Labute approximate surface area is 194 Å². The van der Waals surface area contributed by atoms with Crippen LogP contribution in [0.15, 0.2) is 65.7 Å². The Morgan fingerprint density at radius 1 is 1.06 bits per heavy atom. The Balaban J connectivity index is 1.54. The van der Waals surface area contributed by atoms with Crippen LogP contribution in [0.1, 0.15) is 51.8 Å². The lowest BCUT2D eigenvalue weighted by atomic mass is 9.90. The minimum absolute atomic E-state index is 0.0158. The van der Waals surface area contributed by atoms with E-state index in [1.54, 1.807) is 12.1 Å². The van der Waals surface area contributed by atoms with Gasteiger partial charge in [0.1, 0.15) is 5.82 Å². The quantitative estimate of drug-likeness (QED) is 0.516. The van der Waals surface area contributed by atoms with Crippen LogP contribution in [-0.2, 0) is 21.2 Å². The number of hydrogen-bond acceptors (Lipinski definition) is 6. The van der Waals surface area contributed by atoms with Crippen LogP contribution in [-0.4, -0.2) is 48.9 Å². The number of piperidine rings is 1. The van der Waals surface area contributed by atoms with E-state index < -0.39 is 16.0 Å². The number of carbonyl (C=O) groups excluding carboxylic acids is 1. The van der Waals surface area contributed by atoms with Gasteiger partial charge in [-0.25, -0.2) is 23.2 Å². The van der Waals surface area contributed by atoms with Crippen molar-refractivity contribution in [1.82, 2.24) is 14.3 Å². The molecule has 0 amide bonds. The molecule has 0 unspecified atom stereocenters. The third kappa shape index (κ3) is 4.96. The van der Waals surface area contributed by atoms with E-state index in [1.165, 1.54) is 29.1 Å². The van der Waals surface area contributed by atoms with E-state index in [0.717, 1.165) is 17.7 Å². The van der Waals surface area contributed by atoms with E-state index in [1.807, 2.05) is 31.3 Å². The summed E-state index contributed by atoms with van der Waals surface area (Å²) in [7, 11) is -2.58. The molecule has 3 aromatic rings. The fourth-order valence-electron chi connectivity index (χ4n) is 4.30. The minimum atomic E-state index is -3.82. The van der Waals surface area contributed by atoms with Gasteiger partial charge in [-0.3, -0.25) is 0 Å². The van der Waals surface area contributed by atoms with Crippen molar-refractivity contribution in [3.63, 3.8) is 0 Å². The maximum Gasteiger partial charge on any atom is 0.339 e. The molecule has 172 valence electrons. The molecular weight excluding hydrogens is 438 g/mol. The first kappa shape index (κ1) is 23.1. The Kier molecular flexibility index (Phi) is 6.85. The van der Waals surface area contributed by atoms with Gasteiger partial charge in [-0.1, -0.05) is 42.5 Å². The van der Waals surface area contributed by atoms with Crippen molar-refractivity contribution < 1.29 is 17.9 Å². The number of hydrogen-bond donors (Lipinski definition) is 0. The van der Waals surface area contributed by atoms with Crippen LogP contribution in [0.3, 0.4) is 0 Å². The van der Waals surface area contributed by atoms with Crippen LogP contribution in [0.5, 0.6) is 0 Å². The van der Waals surface area contributed by atoms with E-state index in [9.17, 15) is 13.2 Å². The lowest BCUT2D eigenvalue weighted by Gasteiger charge is -2.32. The number of benzene rings is 2. The van der Waals surface area contributed by atoms with Crippen molar-refractivity contribution in [3.05, 3.63) is 89.0 Å². The maximum absolute atomic E-state index is 13.3. The fraction of sp³-hybridized carbons (Fsp3) is 0.320. The van der Waals surface area contributed by atoms with Crippen LogP contribution >= 0.6 is 0 Å². The summed E-state index contributed by atoms with van der Waals surface area (Å²) in [5.41, 5.74) is 3.31. The smallest absolute Gasteiger partial charge is 0.339 e. The van der Waals surface area contributed by atoms with Gasteiger partial charge in [0.05, 0.1) is 23.3 Å². The molecule has 0 atom stereocenters.